The Kier molecular flexibility index (Phi) is 5.84. The molecule has 0 radical (unpaired) electrons. The van der Waals surface area contributed by atoms with Gasteiger partial charge >= 0.3 is 0 Å². The van der Waals surface area contributed by atoms with E-state index in [1.54, 1.807) is 12.1 Å². The number of hydrogen-bond donors (Lipinski definition) is 0. The number of hydrazone groups is 1. The molecule has 0 saturated heterocycles. The lowest BCUT2D eigenvalue weighted by molar-refractivity contribution is -0.130. The molecule has 1 aliphatic heterocycles. The number of rotatable bonds is 6. The van der Waals surface area contributed by atoms with Crippen LogP contribution in [-0.2, 0) is 4.79 Å². The summed E-state index contributed by atoms with van der Waals surface area (Å²) in [4.78, 5) is 13.2. The minimum absolute atomic E-state index is 0.0889. The fourth-order valence-electron chi connectivity index (χ4n) is 3.26. The van der Waals surface area contributed by atoms with Gasteiger partial charge in [0.15, 0.2) is 0 Å². The van der Waals surface area contributed by atoms with Crippen LogP contribution >= 0.6 is 23.2 Å². The molecule has 1 aliphatic rings. The number of nitrogens with zero attached hydrogens (tertiary/aromatic N) is 2. The topological polar surface area (TPSA) is 41.9 Å². The van der Waals surface area contributed by atoms with E-state index >= 15 is 0 Å². The fourth-order valence-corrected chi connectivity index (χ4v) is 3.55. The Morgan fingerprint density at radius 2 is 1.59 bits per heavy atom. The maximum Gasteiger partial charge on any atom is 0.256 e. The number of benzene rings is 3. The SMILES string of the molecule is O=C1C(c2ccccc2)C(c2ccc(Cl)c(Cl)c2)=NN1CCOc1ccccc1. The second-order valence-corrected chi connectivity index (χ2v) is 7.40. The number of para-hydroxylation sites is 1. The summed E-state index contributed by atoms with van der Waals surface area (Å²) in [5.74, 6) is 0.173. The molecule has 1 unspecified atom stereocenters. The van der Waals surface area contributed by atoms with Crippen molar-refractivity contribution in [1.82, 2.24) is 5.01 Å². The van der Waals surface area contributed by atoms with Crippen LogP contribution in [0.3, 0.4) is 0 Å². The number of hydrogen-bond acceptors (Lipinski definition) is 3. The van der Waals surface area contributed by atoms with Crippen LogP contribution in [0.4, 0.5) is 0 Å². The van der Waals surface area contributed by atoms with Gasteiger partial charge in [0.1, 0.15) is 18.3 Å². The van der Waals surface area contributed by atoms with Crippen LogP contribution < -0.4 is 4.74 Å². The summed E-state index contributed by atoms with van der Waals surface area (Å²) in [6.07, 6.45) is 0. The van der Waals surface area contributed by atoms with Crippen LogP contribution in [0.1, 0.15) is 17.0 Å². The van der Waals surface area contributed by atoms with Gasteiger partial charge in [0.05, 0.1) is 22.3 Å². The van der Waals surface area contributed by atoms with E-state index in [9.17, 15) is 4.79 Å². The summed E-state index contributed by atoms with van der Waals surface area (Å²) in [6, 6.07) is 24.4. The maximum atomic E-state index is 13.2. The van der Waals surface area contributed by atoms with Crippen LogP contribution in [0.25, 0.3) is 0 Å². The van der Waals surface area contributed by atoms with Crippen molar-refractivity contribution in [2.45, 2.75) is 5.92 Å². The highest BCUT2D eigenvalue weighted by Gasteiger charge is 2.37. The van der Waals surface area contributed by atoms with Crippen molar-refractivity contribution in [1.29, 1.82) is 0 Å². The maximum absolute atomic E-state index is 13.2. The molecule has 29 heavy (non-hydrogen) atoms. The Bertz CT molecular complexity index is 1040. The van der Waals surface area contributed by atoms with E-state index in [0.717, 1.165) is 16.9 Å². The van der Waals surface area contributed by atoms with Crippen molar-refractivity contribution >= 4 is 34.8 Å². The normalized spacial score (nSPS) is 16.1. The van der Waals surface area contributed by atoms with Crippen molar-refractivity contribution < 1.29 is 9.53 Å². The minimum atomic E-state index is -0.495. The molecular formula is C23H18Cl2N2O2. The molecule has 1 atom stereocenters. The van der Waals surface area contributed by atoms with E-state index in [0.29, 0.717) is 28.9 Å². The predicted molar refractivity (Wildman–Crippen MR) is 116 cm³/mol. The van der Waals surface area contributed by atoms with Gasteiger partial charge in [0, 0.05) is 5.56 Å². The number of ether oxygens (including phenoxy) is 1. The van der Waals surface area contributed by atoms with Gasteiger partial charge in [-0.3, -0.25) is 4.79 Å². The van der Waals surface area contributed by atoms with Crippen molar-refractivity contribution in [3.05, 3.63) is 100 Å². The summed E-state index contributed by atoms with van der Waals surface area (Å²) in [5, 5.41) is 6.98. The van der Waals surface area contributed by atoms with Gasteiger partial charge in [-0.1, -0.05) is 77.8 Å². The first-order valence-electron chi connectivity index (χ1n) is 9.21. The molecule has 1 amide bonds. The second-order valence-electron chi connectivity index (χ2n) is 6.58. The number of carbonyl (C=O) groups excluding carboxylic acids is 1. The Morgan fingerprint density at radius 3 is 2.28 bits per heavy atom. The van der Waals surface area contributed by atoms with Crippen LogP contribution in [0, 0.1) is 0 Å². The molecule has 3 aromatic rings. The number of amides is 1. The molecule has 0 fully saturated rings. The Balaban J connectivity index is 1.60. The van der Waals surface area contributed by atoms with E-state index < -0.39 is 5.92 Å². The molecule has 6 heteroatoms. The smallest absolute Gasteiger partial charge is 0.256 e. The van der Waals surface area contributed by atoms with E-state index in [-0.39, 0.29) is 5.91 Å². The summed E-state index contributed by atoms with van der Waals surface area (Å²) in [6.45, 7) is 0.692. The van der Waals surface area contributed by atoms with Gasteiger partial charge in [0.25, 0.3) is 5.91 Å². The first-order valence-corrected chi connectivity index (χ1v) is 9.97. The Morgan fingerprint density at radius 1 is 0.897 bits per heavy atom. The van der Waals surface area contributed by atoms with Crippen LogP contribution in [-0.4, -0.2) is 29.8 Å². The highest BCUT2D eigenvalue weighted by atomic mass is 35.5. The van der Waals surface area contributed by atoms with Gasteiger partial charge < -0.3 is 4.74 Å². The fraction of sp³-hybridized carbons (Fsp3) is 0.130. The third kappa shape index (κ3) is 4.29. The molecule has 3 aromatic carbocycles. The molecular weight excluding hydrogens is 407 g/mol. The Labute approximate surface area is 179 Å². The zero-order chi connectivity index (χ0) is 20.2. The lowest BCUT2D eigenvalue weighted by Crippen LogP contribution is -2.29. The predicted octanol–water partition coefficient (Wildman–Crippen LogP) is 5.40. The number of halogens is 2. The third-order valence-corrected chi connectivity index (χ3v) is 5.41. The quantitative estimate of drug-likeness (QED) is 0.531. The van der Waals surface area contributed by atoms with Gasteiger partial charge in [0.2, 0.25) is 0 Å². The Hall–Kier alpha value is -2.82. The van der Waals surface area contributed by atoms with Crippen molar-refractivity contribution in [3.8, 4) is 5.75 Å². The summed E-state index contributed by atoms with van der Waals surface area (Å²) < 4.78 is 5.73. The summed E-state index contributed by atoms with van der Waals surface area (Å²) >= 11 is 12.3. The minimum Gasteiger partial charge on any atom is -0.492 e. The molecule has 0 bridgehead atoms. The molecule has 0 spiro atoms. The lowest BCUT2D eigenvalue weighted by atomic mass is 9.90. The van der Waals surface area contributed by atoms with Crippen LogP contribution in [0.2, 0.25) is 10.0 Å². The van der Waals surface area contributed by atoms with Crippen molar-refractivity contribution in [2.75, 3.05) is 13.2 Å². The second kappa shape index (κ2) is 8.68. The van der Waals surface area contributed by atoms with E-state index in [1.165, 1.54) is 5.01 Å². The molecule has 4 rings (SSSR count). The van der Waals surface area contributed by atoms with E-state index in [2.05, 4.69) is 5.10 Å². The average molecular weight is 425 g/mol. The molecule has 0 N–H and O–H groups in total. The van der Waals surface area contributed by atoms with Crippen molar-refractivity contribution in [3.63, 3.8) is 0 Å². The standard InChI is InChI=1S/C23H18Cl2N2O2/c24-19-12-11-17(15-20(19)25)22-21(16-7-3-1-4-8-16)23(28)27(26-22)13-14-29-18-9-5-2-6-10-18/h1-12,15,21H,13-14H2. The zero-order valence-electron chi connectivity index (χ0n) is 15.5. The summed E-state index contributed by atoms with van der Waals surface area (Å²) in [5.41, 5.74) is 2.31. The molecule has 0 saturated carbocycles. The molecule has 1 heterocycles. The lowest BCUT2D eigenvalue weighted by Gasteiger charge is -2.15. The monoisotopic (exact) mass is 424 g/mol. The van der Waals surface area contributed by atoms with Gasteiger partial charge in [-0.25, -0.2) is 5.01 Å². The third-order valence-electron chi connectivity index (χ3n) is 4.67. The van der Waals surface area contributed by atoms with Crippen LogP contribution in [0.5, 0.6) is 5.75 Å². The van der Waals surface area contributed by atoms with Gasteiger partial charge in [-0.15, -0.1) is 0 Å². The average Bonchev–Trinajstić information content (AvgIpc) is 3.08. The largest absolute Gasteiger partial charge is 0.492 e. The van der Waals surface area contributed by atoms with Gasteiger partial charge in [-0.2, -0.15) is 5.10 Å². The first-order chi connectivity index (χ1) is 14.1. The van der Waals surface area contributed by atoms with E-state index in [4.69, 9.17) is 27.9 Å². The number of carbonyl (C=O) groups is 1. The van der Waals surface area contributed by atoms with Gasteiger partial charge in [-0.05, 0) is 29.8 Å². The molecule has 4 nitrogen and oxygen atoms in total. The van der Waals surface area contributed by atoms with Crippen molar-refractivity contribution in [2.24, 2.45) is 5.10 Å². The highest BCUT2D eigenvalue weighted by molar-refractivity contribution is 6.42. The molecule has 0 aromatic heterocycles. The first kappa shape index (κ1) is 19.5. The zero-order valence-corrected chi connectivity index (χ0v) is 17.0. The summed E-state index contributed by atoms with van der Waals surface area (Å²) in [7, 11) is 0. The molecule has 0 aliphatic carbocycles. The van der Waals surface area contributed by atoms with Crippen LogP contribution in [0.15, 0.2) is 84.0 Å². The van der Waals surface area contributed by atoms with E-state index in [1.807, 2.05) is 66.7 Å². The molecule has 146 valence electrons. The highest BCUT2D eigenvalue weighted by Crippen LogP contribution is 2.32.